The molecule has 2 rings (SSSR count). The van der Waals surface area contributed by atoms with Crippen molar-refractivity contribution in [3.05, 3.63) is 36.2 Å². The van der Waals surface area contributed by atoms with Crippen LogP contribution in [0.25, 0.3) is 5.69 Å². The first-order valence-corrected chi connectivity index (χ1v) is 7.62. The molecule has 0 amide bonds. The minimum Gasteiger partial charge on any atom is -0.393 e. The van der Waals surface area contributed by atoms with Crippen molar-refractivity contribution in [2.45, 2.75) is 46.3 Å². The average molecular weight is 303 g/mol. The van der Waals surface area contributed by atoms with Crippen LogP contribution in [0.3, 0.4) is 0 Å². The second-order valence-electron chi connectivity index (χ2n) is 6.67. The van der Waals surface area contributed by atoms with E-state index in [-0.39, 0.29) is 17.6 Å². The molecular weight excluding hydrogens is 278 g/mol. The normalized spacial score (nSPS) is 14.8. The van der Waals surface area contributed by atoms with Crippen LogP contribution in [0.4, 0.5) is 0 Å². The summed E-state index contributed by atoms with van der Waals surface area (Å²) in [5.41, 5.74) is 2.22. The zero-order valence-corrected chi connectivity index (χ0v) is 13.7. The Labute approximate surface area is 131 Å². The monoisotopic (exact) mass is 303 g/mol. The zero-order valence-electron chi connectivity index (χ0n) is 13.7. The highest BCUT2D eigenvalue weighted by Crippen LogP contribution is 2.23. The van der Waals surface area contributed by atoms with Gasteiger partial charge in [0.15, 0.2) is 0 Å². The first kappa shape index (κ1) is 16.6. The molecule has 6 heteroatoms. The molecule has 2 unspecified atom stereocenters. The SMILES string of the molecule is CC(O)CC(C)(C)CNC(C)c1ccc(-n2cnnn2)cc1. The van der Waals surface area contributed by atoms with Gasteiger partial charge >= 0.3 is 0 Å². The molecule has 1 aromatic heterocycles. The number of nitrogens with zero attached hydrogens (tertiary/aromatic N) is 4. The first-order chi connectivity index (χ1) is 10.4. The van der Waals surface area contributed by atoms with E-state index in [1.807, 2.05) is 19.1 Å². The topological polar surface area (TPSA) is 75.9 Å². The molecule has 22 heavy (non-hydrogen) atoms. The van der Waals surface area contributed by atoms with Crippen LogP contribution in [-0.4, -0.2) is 38.0 Å². The van der Waals surface area contributed by atoms with E-state index in [0.717, 1.165) is 18.7 Å². The second-order valence-corrected chi connectivity index (χ2v) is 6.67. The van der Waals surface area contributed by atoms with Crippen molar-refractivity contribution >= 4 is 0 Å². The third-order valence-electron chi connectivity index (χ3n) is 3.74. The van der Waals surface area contributed by atoms with Crippen molar-refractivity contribution < 1.29 is 5.11 Å². The van der Waals surface area contributed by atoms with Crippen LogP contribution < -0.4 is 5.32 Å². The lowest BCUT2D eigenvalue weighted by atomic mass is 9.86. The number of benzene rings is 1. The van der Waals surface area contributed by atoms with E-state index >= 15 is 0 Å². The molecule has 0 spiro atoms. The molecule has 0 saturated heterocycles. The molecule has 0 aliphatic carbocycles. The average Bonchev–Trinajstić information content (AvgIpc) is 2.98. The summed E-state index contributed by atoms with van der Waals surface area (Å²) in [6.07, 6.45) is 2.09. The maximum Gasteiger partial charge on any atom is 0.143 e. The lowest BCUT2D eigenvalue weighted by Gasteiger charge is -2.28. The number of tetrazole rings is 1. The molecule has 0 aliphatic rings. The Balaban J connectivity index is 1.94. The standard InChI is InChI=1S/C16H25N5O/c1-12(22)9-16(3,4)10-17-13(2)14-5-7-15(8-6-14)21-11-18-19-20-21/h5-8,11-13,17,22H,9-10H2,1-4H3. The van der Waals surface area contributed by atoms with E-state index in [9.17, 15) is 5.11 Å². The quantitative estimate of drug-likeness (QED) is 0.819. The number of aliphatic hydroxyl groups excluding tert-OH is 1. The van der Waals surface area contributed by atoms with Crippen molar-refractivity contribution in [2.75, 3.05) is 6.54 Å². The Hall–Kier alpha value is -1.79. The molecule has 0 radical (unpaired) electrons. The largest absolute Gasteiger partial charge is 0.393 e. The maximum absolute atomic E-state index is 9.55. The fourth-order valence-electron chi connectivity index (χ4n) is 2.61. The number of aliphatic hydroxyl groups is 1. The number of nitrogens with one attached hydrogen (secondary N) is 1. The molecule has 2 N–H and O–H groups in total. The first-order valence-electron chi connectivity index (χ1n) is 7.62. The summed E-state index contributed by atoms with van der Waals surface area (Å²) in [6, 6.07) is 8.42. The number of rotatable bonds is 7. The molecule has 120 valence electrons. The van der Waals surface area contributed by atoms with Gasteiger partial charge in [-0.05, 0) is 53.8 Å². The predicted octanol–water partition coefficient (Wildman–Crippen LogP) is 2.11. The van der Waals surface area contributed by atoms with Gasteiger partial charge in [-0.3, -0.25) is 0 Å². The summed E-state index contributed by atoms with van der Waals surface area (Å²) < 4.78 is 1.63. The molecule has 2 aromatic rings. The molecule has 1 heterocycles. The number of hydrogen-bond donors (Lipinski definition) is 2. The van der Waals surface area contributed by atoms with Gasteiger partial charge in [0.2, 0.25) is 0 Å². The smallest absolute Gasteiger partial charge is 0.143 e. The number of hydrogen-bond acceptors (Lipinski definition) is 5. The van der Waals surface area contributed by atoms with Crippen LogP contribution in [0.2, 0.25) is 0 Å². The van der Waals surface area contributed by atoms with Gasteiger partial charge in [-0.2, -0.15) is 0 Å². The van der Waals surface area contributed by atoms with Crippen molar-refractivity contribution in [1.29, 1.82) is 0 Å². The molecule has 2 atom stereocenters. The second kappa shape index (κ2) is 6.98. The van der Waals surface area contributed by atoms with E-state index in [4.69, 9.17) is 0 Å². The molecule has 0 saturated carbocycles. The molecular formula is C16H25N5O. The summed E-state index contributed by atoms with van der Waals surface area (Å²) in [4.78, 5) is 0. The predicted molar refractivity (Wildman–Crippen MR) is 85.7 cm³/mol. The minimum atomic E-state index is -0.275. The third-order valence-corrected chi connectivity index (χ3v) is 3.74. The highest BCUT2D eigenvalue weighted by Gasteiger charge is 2.21. The summed E-state index contributed by atoms with van der Waals surface area (Å²) in [6.45, 7) is 9.17. The van der Waals surface area contributed by atoms with Gasteiger partial charge in [0, 0.05) is 12.6 Å². The Morgan fingerprint density at radius 2 is 1.91 bits per heavy atom. The summed E-state index contributed by atoms with van der Waals surface area (Å²) in [5, 5.41) is 24.2. The van der Waals surface area contributed by atoms with Gasteiger partial charge < -0.3 is 10.4 Å². The maximum atomic E-state index is 9.55. The molecule has 0 bridgehead atoms. The van der Waals surface area contributed by atoms with Crippen molar-refractivity contribution in [3.63, 3.8) is 0 Å². The van der Waals surface area contributed by atoms with E-state index in [1.54, 1.807) is 11.0 Å². The summed E-state index contributed by atoms with van der Waals surface area (Å²) >= 11 is 0. The van der Waals surface area contributed by atoms with Crippen LogP contribution in [0.5, 0.6) is 0 Å². The third kappa shape index (κ3) is 4.61. The summed E-state index contributed by atoms with van der Waals surface area (Å²) in [7, 11) is 0. The van der Waals surface area contributed by atoms with Crippen molar-refractivity contribution in [3.8, 4) is 5.69 Å². The Kier molecular flexibility index (Phi) is 5.26. The highest BCUT2D eigenvalue weighted by atomic mass is 16.3. The Morgan fingerprint density at radius 1 is 1.23 bits per heavy atom. The van der Waals surface area contributed by atoms with E-state index in [2.05, 4.69) is 53.7 Å². The van der Waals surface area contributed by atoms with E-state index < -0.39 is 0 Å². The number of aromatic nitrogens is 4. The van der Waals surface area contributed by atoms with Crippen molar-refractivity contribution in [1.82, 2.24) is 25.5 Å². The van der Waals surface area contributed by atoms with Crippen LogP contribution in [0.1, 0.15) is 45.7 Å². The van der Waals surface area contributed by atoms with Gasteiger partial charge in [0.25, 0.3) is 0 Å². The zero-order chi connectivity index (χ0) is 16.2. The lowest BCUT2D eigenvalue weighted by Crippen LogP contribution is -2.33. The van der Waals surface area contributed by atoms with Crippen molar-refractivity contribution in [2.24, 2.45) is 5.41 Å². The Bertz CT molecular complexity index is 563. The molecule has 6 nitrogen and oxygen atoms in total. The van der Waals surface area contributed by atoms with Gasteiger partial charge in [-0.1, -0.05) is 26.0 Å². The van der Waals surface area contributed by atoms with Crippen LogP contribution >= 0.6 is 0 Å². The minimum absolute atomic E-state index is 0.0643. The van der Waals surface area contributed by atoms with Gasteiger partial charge in [0.05, 0.1) is 11.8 Å². The van der Waals surface area contributed by atoms with E-state index in [0.29, 0.717) is 0 Å². The van der Waals surface area contributed by atoms with Gasteiger partial charge in [0.1, 0.15) is 6.33 Å². The fraction of sp³-hybridized carbons (Fsp3) is 0.562. The lowest BCUT2D eigenvalue weighted by molar-refractivity contribution is 0.127. The van der Waals surface area contributed by atoms with Crippen LogP contribution in [0.15, 0.2) is 30.6 Å². The molecule has 0 aliphatic heterocycles. The summed E-state index contributed by atoms with van der Waals surface area (Å²) in [5.74, 6) is 0. The molecule has 0 fully saturated rings. The Morgan fingerprint density at radius 3 is 2.45 bits per heavy atom. The molecule has 1 aromatic carbocycles. The fourth-order valence-corrected chi connectivity index (χ4v) is 2.61. The van der Waals surface area contributed by atoms with Crippen LogP contribution in [0, 0.1) is 5.41 Å². The van der Waals surface area contributed by atoms with Gasteiger partial charge in [-0.25, -0.2) is 4.68 Å². The van der Waals surface area contributed by atoms with E-state index in [1.165, 1.54) is 5.56 Å². The van der Waals surface area contributed by atoms with Crippen LogP contribution in [-0.2, 0) is 0 Å². The highest BCUT2D eigenvalue weighted by molar-refractivity contribution is 5.34. The van der Waals surface area contributed by atoms with Gasteiger partial charge in [-0.15, -0.1) is 5.10 Å².